The maximum absolute atomic E-state index is 13.5. The number of anilines is 1. The number of hydrogen-bond donors (Lipinski definition) is 0. The zero-order chi connectivity index (χ0) is 14.4. The summed E-state index contributed by atoms with van der Waals surface area (Å²) in [5.41, 5.74) is -0.230. The zero-order valence-electron chi connectivity index (χ0n) is 10.5. The van der Waals surface area contributed by atoms with Crippen molar-refractivity contribution in [1.29, 1.82) is 5.26 Å². The molecule has 1 aromatic rings. The molecule has 0 spiro atoms. The fourth-order valence-electron chi connectivity index (χ4n) is 1.37. The van der Waals surface area contributed by atoms with E-state index in [2.05, 4.69) is 4.74 Å². The van der Waals surface area contributed by atoms with Crippen molar-refractivity contribution in [3.63, 3.8) is 0 Å². The van der Waals surface area contributed by atoms with Gasteiger partial charge >= 0.3 is 5.97 Å². The number of hydrogen-bond acceptors (Lipinski definition) is 4. The smallest absolute Gasteiger partial charge is 0.350 e. The predicted molar refractivity (Wildman–Crippen MR) is 65.1 cm³/mol. The van der Waals surface area contributed by atoms with Gasteiger partial charge in [-0.3, -0.25) is 0 Å². The van der Waals surface area contributed by atoms with E-state index in [1.54, 1.807) is 13.0 Å². The van der Waals surface area contributed by atoms with Crippen LogP contribution in [0, 0.1) is 23.0 Å². The summed E-state index contributed by atoms with van der Waals surface area (Å²) in [5.74, 6) is -2.29. The highest BCUT2D eigenvalue weighted by atomic mass is 19.1. The van der Waals surface area contributed by atoms with Crippen LogP contribution in [-0.4, -0.2) is 19.6 Å². The van der Waals surface area contributed by atoms with Crippen molar-refractivity contribution in [3.05, 3.63) is 41.6 Å². The van der Waals surface area contributed by atoms with Crippen LogP contribution in [0.25, 0.3) is 0 Å². The maximum Gasteiger partial charge on any atom is 0.350 e. The van der Waals surface area contributed by atoms with Crippen LogP contribution in [0.5, 0.6) is 0 Å². The molecule has 100 valence electrons. The van der Waals surface area contributed by atoms with Gasteiger partial charge < -0.3 is 9.64 Å². The highest BCUT2D eigenvalue weighted by Crippen LogP contribution is 2.19. The fourth-order valence-corrected chi connectivity index (χ4v) is 1.37. The van der Waals surface area contributed by atoms with Crippen molar-refractivity contribution in [1.82, 2.24) is 0 Å². The summed E-state index contributed by atoms with van der Waals surface area (Å²) in [6.45, 7) is 1.74. The molecule has 1 aromatic carbocycles. The van der Waals surface area contributed by atoms with Crippen molar-refractivity contribution in [2.45, 2.75) is 6.92 Å². The molecule has 6 heteroatoms. The normalized spacial score (nSPS) is 10.8. The number of ether oxygens (including phenoxy) is 1. The van der Waals surface area contributed by atoms with Gasteiger partial charge in [0.15, 0.2) is 5.57 Å². The van der Waals surface area contributed by atoms with E-state index in [0.717, 1.165) is 18.3 Å². The molecule has 0 aromatic heterocycles. The predicted octanol–water partition coefficient (Wildman–Crippen LogP) is 2.37. The van der Waals surface area contributed by atoms with Gasteiger partial charge in [-0.1, -0.05) is 0 Å². The van der Waals surface area contributed by atoms with Crippen LogP contribution in [0.2, 0.25) is 0 Å². The molecule has 0 atom stereocenters. The Balaban J connectivity index is 3.02. The summed E-state index contributed by atoms with van der Waals surface area (Å²) < 4.78 is 30.9. The number of nitrogens with zero attached hydrogens (tertiary/aromatic N) is 2. The van der Waals surface area contributed by atoms with E-state index in [1.165, 1.54) is 18.0 Å². The van der Waals surface area contributed by atoms with E-state index in [0.29, 0.717) is 0 Å². The molecule has 0 bridgehead atoms. The Morgan fingerprint density at radius 3 is 2.74 bits per heavy atom. The number of carbonyl (C=O) groups is 1. The van der Waals surface area contributed by atoms with Crippen molar-refractivity contribution in [2.75, 3.05) is 18.6 Å². The molecule has 0 saturated heterocycles. The Bertz CT molecular complexity index is 550. The second kappa shape index (κ2) is 6.50. The van der Waals surface area contributed by atoms with Crippen molar-refractivity contribution >= 4 is 11.7 Å². The van der Waals surface area contributed by atoms with Crippen LogP contribution in [0.15, 0.2) is 30.0 Å². The third kappa shape index (κ3) is 3.78. The minimum absolute atomic E-state index is 0.0402. The highest BCUT2D eigenvalue weighted by molar-refractivity contribution is 5.93. The van der Waals surface area contributed by atoms with Crippen molar-refractivity contribution < 1.29 is 18.3 Å². The molecule has 0 heterocycles. The molecule has 0 amide bonds. The summed E-state index contributed by atoms with van der Waals surface area (Å²) in [6.07, 6.45) is 1.13. The van der Waals surface area contributed by atoms with Crippen LogP contribution in [-0.2, 0) is 9.53 Å². The van der Waals surface area contributed by atoms with E-state index in [9.17, 15) is 13.6 Å². The standard InChI is InChI=1S/C13H12F2N2O2/c1-3-19-13(18)9(7-16)8-17(2)12-5-4-10(14)6-11(12)15/h4-6,8H,3H2,1-2H3/b9-8+. The minimum Gasteiger partial charge on any atom is -0.462 e. The molecule has 0 unspecified atom stereocenters. The Hall–Kier alpha value is -2.42. The first kappa shape index (κ1) is 14.6. The summed E-state index contributed by atoms with van der Waals surface area (Å²) in [6, 6.07) is 4.68. The molecule has 4 nitrogen and oxygen atoms in total. The van der Waals surface area contributed by atoms with E-state index in [-0.39, 0.29) is 17.9 Å². The third-order valence-electron chi connectivity index (χ3n) is 2.23. The van der Waals surface area contributed by atoms with E-state index >= 15 is 0 Å². The van der Waals surface area contributed by atoms with Crippen LogP contribution >= 0.6 is 0 Å². The number of esters is 1. The maximum atomic E-state index is 13.5. The van der Waals surface area contributed by atoms with Gasteiger partial charge in [0.25, 0.3) is 0 Å². The molecule has 0 aliphatic carbocycles. The molecular formula is C13H12F2N2O2. The Kier molecular flexibility index (Phi) is 5.01. The van der Waals surface area contributed by atoms with Crippen molar-refractivity contribution in [2.24, 2.45) is 0 Å². The third-order valence-corrected chi connectivity index (χ3v) is 2.23. The van der Waals surface area contributed by atoms with Gasteiger partial charge in [-0.05, 0) is 19.1 Å². The average molecular weight is 266 g/mol. The lowest BCUT2D eigenvalue weighted by Crippen LogP contribution is -2.15. The summed E-state index contributed by atoms with van der Waals surface area (Å²) in [4.78, 5) is 12.6. The largest absolute Gasteiger partial charge is 0.462 e. The molecule has 0 saturated carbocycles. The number of rotatable bonds is 4. The topological polar surface area (TPSA) is 53.3 Å². The SMILES string of the molecule is CCOC(=O)/C(C#N)=C/N(C)c1ccc(F)cc1F. The van der Waals surface area contributed by atoms with E-state index in [4.69, 9.17) is 5.26 Å². The Labute approximate surface area is 109 Å². The van der Waals surface area contributed by atoms with Gasteiger partial charge in [-0.15, -0.1) is 0 Å². The average Bonchev–Trinajstić information content (AvgIpc) is 2.35. The lowest BCUT2D eigenvalue weighted by atomic mass is 10.2. The number of halogens is 2. The van der Waals surface area contributed by atoms with E-state index in [1.807, 2.05) is 0 Å². The lowest BCUT2D eigenvalue weighted by molar-refractivity contribution is -0.138. The lowest BCUT2D eigenvalue weighted by Gasteiger charge is -2.15. The summed E-state index contributed by atoms with van der Waals surface area (Å²) >= 11 is 0. The number of carbonyl (C=O) groups excluding carboxylic acids is 1. The molecule has 0 aliphatic heterocycles. The summed E-state index contributed by atoms with van der Waals surface area (Å²) in [7, 11) is 1.44. The van der Waals surface area contributed by atoms with Gasteiger partial charge in [0.2, 0.25) is 0 Å². The molecule has 0 radical (unpaired) electrons. The van der Waals surface area contributed by atoms with Gasteiger partial charge in [0.05, 0.1) is 12.3 Å². The van der Waals surface area contributed by atoms with E-state index < -0.39 is 17.6 Å². The molecular weight excluding hydrogens is 254 g/mol. The van der Waals surface area contributed by atoms with Crippen molar-refractivity contribution in [3.8, 4) is 6.07 Å². The molecule has 0 aliphatic rings. The zero-order valence-corrected chi connectivity index (χ0v) is 10.5. The second-order valence-electron chi connectivity index (χ2n) is 3.58. The molecule has 19 heavy (non-hydrogen) atoms. The highest BCUT2D eigenvalue weighted by Gasteiger charge is 2.13. The second-order valence-corrected chi connectivity index (χ2v) is 3.58. The molecule has 0 fully saturated rings. The number of nitriles is 1. The minimum atomic E-state index is -0.792. The van der Waals surface area contributed by atoms with Gasteiger partial charge in [-0.2, -0.15) is 5.26 Å². The first-order chi connectivity index (χ1) is 8.99. The first-order valence-corrected chi connectivity index (χ1v) is 5.46. The van der Waals surface area contributed by atoms with Crippen LogP contribution < -0.4 is 4.90 Å². The van der Waals surface area contributed by atoms with Crippen LogP contribution in [0.4, 0.5) is 14.5 Å². The Morgan fingerprint density at radius 1 is 1.53 bits per heavy atom. The monoisotopic (exact) mass is 266 g/mol. The van der Waals surface area contributed by atoms with Gasteiger partial charge in [0, 0.05) is 19.3 Å². The Morgan fingerprint density at radius 2 is 2.21 bits per heavy atom. The fraction of sp³-hybridized carbons (Fsp3) is 0.231. The van der Waals surface area contributed by atoms with Crippen LogP contribution in [0.3, 0.4) is 0 Å². The molecule has 1 rings (SSSR count). The van der Waals surface area contributed by atoms with Gasteiger partial charge in [-0.25, -0.2) is 13.6 Å². The van der Waals surface area contributed by atoms with Gasteiger partial charge in [0.1, 0.15) is 17.7 Å². The van der Waals surface area contributed by atoms with Crippen LogP contribution in [0.1, 0.15) is 6.92 Å². The number of benzene rings is 1. The quantitative estimate of drug-likeness (QED) is 0.477. The molecule has 0 N–H and O–H groups in total. The first-order valence-electron chi connectivity index (χ1n) is 5.46. The summed E-state index contributed by atoms with van der Waals surface area (Å²) in [5, 5.41) is 8.83.